The Morgan fingerprint density at radius 2 is 1.89 bits per heavy atom. The van der Waals surface area contributed by atoms with Gasteiger partial charge in [0.1, 0.15) is 0 Å². The zero-order valence-corrected chi connectivity index (χ0v) is 14.1. The van der Waals surface area contributed by atoms with Crippen LogP contribution in [0.2, 0.25) is 0 Å². The summed E-state index contributed by atoms with van der Waals surface area (Å²) in [7, 11) is 0.254. The SMILES string of the molecule is CCP(=O)(CCN(C)CCSC)C1CCCCC1. The molecule has 108 valence electrons. The average Bonchev–Trinajstić information content (AvgIpc) is 2.43. The van der Waals surface area contributed by atoms with Crippen molar-refractivity contribution in [2.75, 3.05) is 44.5 Å². The average molecular weight is 291 g/mol. The Hall–Kier alpha value is 0.540. The smallest absolute Gasteiger partial charge is 0.0916 e. The highest BCUT2D eigenvalue weighted by molar-refractivity contribution is 7.98. The first-order valence-electron chi connectivity index (χ1n) is 7.37. The van der Waals surface area contributed by atoms with E-state index in [2.05, 4.69) is 25.1 Å². The third-order valence-corrected chi connectivity index (χ3v) is 8.78. The first-order valence-corrected chi connectivity index (χ1v) is 10.9. The van der Waals surface area contributed by atoms with E-state index >= 15 is 0 Å². The molecule has 0 amide bonds. The van der Waals surface area contributed by atoms with Crippen LogP contribution in [0.1, 0.15) is 39.0 Å². The second-order valence-corrected chi connectivity index (χ2v) is 10.3. The summed E-state index contributed by atoms with van der Waals surface area (Å²) in [5.74, 6) is 1.18. The summed E-state index contributed by atoms with van der Waals surface area (Å²) in [4.78, 5) is 2.35. The summed E-state index contributed by atoms with van der Waals surface area (Å²) in [5, 5.41) is 0. The maximum Gasteiger partial charge on any atom is 0.0916 e. The Bertz CT molecular complexity index is 267. The first-order chi connectivity index (χ1) is 8.62. The molecule has 0 aromatic heterocycles. The first kappa shape index (κ1) is 16.6. The second-order valence-electron chi connectivity index (χ2n) is 5.58. The minimum Gasteiger partial charge on any atom is -0.323 e. The topological polar surface area (TPSA) is 20.3 Å². The normalized spacial score (nSPS) is 21.1. The van der Waals surface area contributed by atoms with E-state index in [0.717, 1.165) is 25.4 Å². The zero-order chi connectivity index (χ0) is 13.4. The molecule has 0 spiro atoms. The van der Waals surface area contributed by atoms with Crippen LogP contribution in [-0.4, -0.2) is 55.0 Å². The number of nitrogens with zero attached hydrogens (tertiary/aromatic N) is 1. The third kappa shape index (κ3) is 5.27. The lowest BCUT2D eigenvalue weighted by Crippen LogP contribution is -2.27. The number of thioether (sulfide) groups is 1. The molecule has 2 nitrogen and oxygen atoms in total. The lowest BCUT2D eigenvalue weighted by atomic mass is 10.0. The Balaban J connectivity index is 2.41. The van der Waals surface area contributed by atoms with Crippen LogP contribution in [0, 0.1) is 0 Å². The van der Waals surface area contributed by atoms with Gasteiger partial charge < -0.3 is 9.46 Å². The van der Waals surface area contributed by atoms with Gasteiger partial charge in [-0.2, -0.15) is 11.8 Å². The molecule has 0 aromatic rings. The number of hydrogen-bond donors (Lipinski definition) is 0. The molecule has 1 aliphatic rings. The van der Waals surface area contributed by atoms with Crippen LogP contribution in [0.3, 0.4) is 0 Å². The summed E-state index contributed by atoms with van der Waals surface area (Å²) in [6, 6.07) is 0. The predicted molar refractivity (Wildman–Crippen MR) is 85.8 cm³/mol. The zero-order valence-electron chi connectivity index (χ0n) is 12.4. The maximum atomic E-state index is 13.1. The van der Waals surface area contributed by atoms with Gasteiger partial charge in [-0.15, -0.1) is 0 Å². The van der Waals surface area contributed by atoms with Gasteiger partial charge in [-0.25, -0.2) is 0 Å². The van der Waals surface area contributed by atoms with E-state index in [4.69, 9.17) is 0 Å². The highest BCUT2D eigenvalue weighted by Crippen LogP contribution is 2.54. The van der Waals surface area contributed by atoms with Crippen molar-refractivity contribution >= 4 is 18.9 Å². The van der Waals surface area contributed by atoms with Gasteiger partial charge in [-0.05, 0) is 32.3 Å². The molecule has 1 rings (SSSR count). The maximum absolute atomic E-state index is 13.1. The van der Waals surface area contributed by atoms with Crippen LogP contribution in [0.25, 0.3) is 0 Å². The Morgan fingerprint density at radius 3 is 2.44 bits per heavy atom. The molecule has 1 fully saturated rings. The Labute approximate surface area is 118 Å². The molecule has 0 bridgehead atoms. The minimum atomic E-state index is -1.91. The van der Waals surface area contributed by atoms with Gasteiger partial charge in [0.2, 0.25) is 0 Å². The molecule has 0 N–H and O–H groups in total. The van der Waals surface area contributed by atoms with Gasteiger partial charge in [0.25, 0.3) is 0 Å². The van der Waals surface area contributed by atoms with Crippen LogP contribution in [0.5, 0.6) is 0 Å². The molecule has 18 heavy (non-hydrogen) atoms. The van der Waals surface area contributed by atoms with E-state index in [1.807, 2.05) is 11.8 Å². The molecule has 0 saturated heterocycles. The summed E-state index contributed by atoms with van der Waals surface area (Å²) in [5.41, 5.74) is 0.546. The van der Waals surface area contributed by atoms with Crippen molar-refractivity contribution in [3.63, 3.8) is 0 Å². The van der Waals surface area contributed by atoms with Gasteiger partial charge in [-0.1, -0.05) is 26.2 Å². The van der Waals surface area contributed by atoms with E-state index < -0.39 is 7.14 Å². The molecule has 0 aliphatic heterocycles. The van der Waals surface area contributed by atoms with Gasteiger partial charge in [-0.3, -0.25) is 0 Å². The van der Waals surface area contributed by atoms with Gasteiger partial charge in [0.15, 0.2) is 0 Å². The van der Waals surface area contributed by atoms with Gasteiger partial charge >= 0.3 is 0 Å². The van der Waals surface area contributed by atoms with Crippen molar-refractivity contribution in [3.8, 4) is 0 Å². The molecule has 1 aliphatic carbocycles. The van der Waals surface area contributed by atoms with Crippen LogP contribution in [0.15, 0.2) is 0 Å². The molecule has 4 heteroatoms. The van der Waals surface area contributed by atoms with Crippen LogP contribution in [-0.2, 0) is 4.57 Å². The second kappa shape index (κ2) is 8.66. The van der Waals surface area contributed by atoms with E-state index in [9.17, 15) is 4.57 Å². The predicted octanol–water partition coefficient (Wildman–Crippen LogP) is 4.00. The highest BCUT2D eigenvalue weighted by atomic mass is 32.2. The van der Waals surface area contributed by atoms with E-state index in [1.165, 1.54) is 37.9 Å². The largest absolute Gasteiger partial charge is 0.323 e. The van der Waals surface area contributed by atoms with Crippen molar-refractivity contribution in [2.24, 2.45) is 0 Å². The molecule has 1 unspecified atom stereocenters. The molecule has 1 atom stereocenters. The monoisotopic (exact) mass is 291 g/mol. The third-order valence-electron chi connectivity index (χ3n) is 4.31. The standard InChI is InChI=1S/C14H30NOPS/c1-4-17(16,14-8-6-5-7-9-14)12-10-15(2)11-13-18-3/h14H,4-13H2,1-3H3. The fourth-order valence-electron chi connectivity index (χ4n) is 2.85. The fourth-order valence-corrected chi connectivity index (χ4v) is 6.53. The van der Waals surface area contributed by atoms with E-state index in [-0.39, 0.29) is 0 Å². The van der Waals surface area contributed by atoms with Crippen molar-refractivity contribution < 1.29 is 4.57 Å². The minimum absolute atomic E-state index is 0.546. The summed E-state index contributed by atoms with van der Waals surface area (Å²) < 4.78 is 13.1. The quantitative estimate of drug-likeness (QED) is 0.631. The van der Waals surface area contributed by atoms with Crippen molar-refractivity contribution in [2.45, 2.75) is 44.7 Å². The summed E-state index contributed by atoms with van der Waals surface area (Å²) >= 11 is 1.89. The molecular weight excluding hydrogens is 261 g/mol. The lowest BCUT2D eigenvalue weighted by molar-refractivity contribution is 0.374. The van der Waals surface area contributed by atoms with Crippen molar-refractivity contribution in [1.29, 1.82) is 0 Å². The summed E-state index contributed by atoms with van der Waals surface area (Å²) in [6.45, 7) is 4.27. The van der Waals surface area contributed by atoms with Crippen molar-refractivity contribution in [3.05, 3.63) is 0 Å². The number of rotatable bonds is 8. The molecule has 0 heterocycles. The van der Waals surface area contributed by atoms with E-state index in [1.54, 1.807) is 0 Å². The Kier molecular flexibility index (Phi) is 7.98. The van der Waals surface area contributed by atoms with Gasteiger partial charge in [0.05, 0.1) is 7.14 Å². The van der Waals surface area contributed by atoms with Crippen LogP contribution >= 0.6 is 18.9 Å². The van der Waals surface area contributed by atoms with Crippen molar-refractivity contribution in [1.82, 2.24) is 4.90 Å². The lowest BCUT2D eigenvalue weighted by Gasteiger charge is -2.31. The summed E-state index contributed by atoms with van der Waals surface area (Å²) in [6.07, 6.45) is 10.4. The molecular formula is C14H30NOPS. The highest BCUT2D eigenvalue weighted by Gasteiger charge is 2.31. The Morgan fingerprint density at radius 1 is 1.22 bits per heavy atom. The van der Waals surface area contributed by atoms with Crippen LogP contribution < -0.4 is 0 Å². The fraction of sp³-hybridized carbons (Fsp3) is 1.00. The molecule has 1 saturated carbocycles. The van der Waals surface area contributed by atoms with Crippen LogP contribution in [0.4, 0.5) is 0 Å². The van der Waals surface area contributed by atoms with Gasteiger partial charge in [0, 0.05) is 30.7 Å². The van der Waals surface area contributed by atoms with E-state index in [0.29, 0.717) is 5.66 Å². The number of hydrogen-bond acceptors (Lipinski definition) is 3. The molecule has 0 radical (unpaired) electrons. The molecule has 0 aromatic carbocycles.